The maximum atomic E-state index is 12.3. The van der Waals surface area contributed by atoms with Gasteiger partial charge in [-0.15, -0.1) is 0 Å². The summed E-state index contributed by atoms with van der Waals surface area (Å²) in [7, 11) is -3.50. The number of rotatable bonds is 3. The van der Waals surface area contributed by atoms with Gasteiger partial charge in [-0.1, -0.05) is 31.9 Å². The Bertz CT molecular complexity index is 513. The second-order valence-electron chi connectivity index (χ2n) is 5.03. The molecule has 0 radical (unpaired) electrons. The first-order chi connectivity index (χ1) is 8.50. The lowest BCUT2D eigenvalue weighted by Crippen LogP contribution is -2.41. The van der Waals surface area contributed by atoms with Gasteiger partial charge in [0.1, 0.15) is 4.90 Å². The number of nitrogens with one attached hydrogen (secondary N) is 1. The van der Waals surface area contributed by atoms with Crippen LogP contribution in [0.4, 0.5) is 5.69 Å². The third-order valence-corrected chi connectivity index (χ3v) is 5.19. The van der Waals surface area contributed by atoms with Gasteiger partial charge >= 0.3 is 0 Å². The minimum Gasteiger partial charge on any atom is -0.398 e. The van der Waals surface area contributed by atoms with Crippen LogP contribution in [0.2, 0.25) is 0 Å². The van der Waals surface area contributed by atoms with Crippen LogP contribution in [0.3, 0.4) is 0 Å². The number of hydrogen-bond donors (Lipinski definition) is 2. The van der Waals surface area contributed by atoms with E-state index >= 15 is 0 Å². The van der Waals surface area contributed by atoms with Crippen LogP contribution in [0.5, 0.6) is 0 Å². The van der Waals surface area contributed by atoms with Gasteiger partial charge in [0.2, 0.25) is 10.0 Å². The molecule has 0 aliphatic heterocycles. The Morgan fingerprint density at radius 3 is 2.56 bits per heavy atom. The smallest absolute Gasteiger partial charge is 0.242 e. The summed E-state index contributed by atoms with van der Waals surface area (Å²) in [6.07, 6.45) is 4.26. The monoisotopic (exact) mass is 268 g/mol. The highest BCUT2D eigenvalue weighted by atomic mass is 32.2. The molecule has 1 aliphatic rings. The molecular formula is C13H20N2O2S. The molecule has 5 heteroatoms. The molecule has 0 amide bonds. The summed E-state index contributed by atoms with van der Waals surface area (Å²) < 4.78 is 27.3. The van der Waals surface area contributed by atoms with E-state index < -0.39 is 10.0 Å². The Hall–Kier alpha value is -1.07. The SMILES string of the molecule is CC1CCCCC1NS(=O)(=O)c1ccccc1N. The van der Waals surface area contributed by atoms with Crippen LogP contribution in [-0.2, 0) is 10.0 Å². The van der Waals surface area contributed by atoms with Gasteiger partial charge in [-0.05, 0) is 30.9 Å². The second-order valence-corrected chi connectivity index (χ2v) is 6.71. The Morgan fingerprint density at radius 1 is 1.22 bits per heavy atom. The average molecular weight is 268 g/mol. The molecule has 1 aromatic rings. The molecule has 1 aliphatic carbocycles. The molecule has 2 unspecified atom stereocenters. The Morgan fingerprint density at radius 2 is 1.89 bits per heavy atom. The van der Waals surface area contributed by atoms with Crippen molar-refractivity contribution in [1.82, 2.24) is 4.72 Å². The highest BCUT2D eigenvalue weighted by Crippen LogP contribution is 2.26. The fraction of sp³-hybridized carbons (Fsp3) is 0.538. The first-order valence-corrected chi connectivity index (χ1v) is 7.86. The fourth-order valence-electron chi connectivity index (χ4n) is 2.48. The molecular weight excluding hydrogens is 248 g/mol. The number of anilines is 1. The van der Waals surface area contributed by atoms with Crippen LogP contribution in [0, 0.1) is 5.92 Å². The Kier molecular flexibility index (Phi) is 3.92. The third kappa shape index (κ3) is 2.84. The zero-order valence-corrected chi connectivity index (χ0v) is 11.4. The number of sulfonamides is 1. The molecule has 3 N–H and O–H groups in total. The number of nitrogens with two attached hydrogens (primary N) is 1. The number of nitrogen functional groups attached to an aromatic ring is 1. The standard InChI is InChI=1S/C13H20N2O2S/c1-10-6-2-4-8-12(10)15-18(16,17)13-9-5-3-7-11(13)14/h3,5,7,9-10,12,15H,2,4,6,8,14H2,1H3. The topological polar surface area (TPSA) is 72.2 Å². The number of hydrogen-bond acceptors (Lipinski definition) is 3. The van der Waals surface area contributed by atoms with Crippen LogP contribution >= 0.6 is 0 Å². The maximum Gasteiger partial charge on any atom is 0.242 e. The van der Waals surface area contributed by atoms with E-state index in [2.05, 4.69) is 11.6 Å². The molecule has 1 fully saturated rings. The molecule has 1 aromatic carbocycles. The summed E-state index contributed by atoms with van der Waals surface area (Å²) in [4.78, 5) is 0.183. The Labute approximate surface area is 109 Å². The minimum absolute atomic E-state index is 0.0309. The van der Waals surface area contributed by atoms with E-state index in [1.165, 1.54) is 6.42 Å². The summed E-state index contributed by atoms with van der Waals surface area (Å²) in [6.45, 7) is 2.10. The highest BCUT2D eigenvalue weighted by molar-refractivity contribution is 7.89. The molecule has 0 heterocycles. The molecule has 0 aromatic heterocycles. The average Bonchev–Trinajstić information content (AvgIpc) is 2.32. The lowest BCUT2D eigenvalue weighted by Gasteiger charge is -2.29. The molecule has 1 saturated carbocycles. The fourth-order valence-corrected chi connectivity index (χ4v) is 3.99. The van der Waals surface area contributed by atoms with E-state index in [0.717, 1.165) is 19.3 Å². The molecule has 2 atom stereocenters. The van der Waals surface area contributed by atoms with Crippen LogP contribution in [0.15, 0.2) is 29.2 Å². The van der Waals surface area contributed by atoms with Crippen molar-refractivity contribution >= 4 is 15.7 Å². The van der Waals surface area contributed by atoms with E-state index in [0.29, 0.717) is 11.6 Å². The van der Waals surface area contributed by atoms with Gasteiger partial charge in [0.15, 0.2) is 0 Å². The summed E-state index contributed by atoms with van der Waals surface area (Å²) in [5, 5.41) is 0. The predicted molar refractivity (Wildman–Crippen MR) is 72.6 cm³/mol. The maximum absolute atomic E-state index is 12.3. The van der Waals surface area contributed by atoms with Crippen molar-refractivity contribution in [3.8, 4) is 0 Å². The van der Waals surface area contributed by atoms with Crippen molar-refractivity contribution in [2.24, 2.45) is 5.92 Å². The van der Waals surface area contributed by atoms with Crippen LogP contribution in [0.25, 0.3) is 0 Å². The molecule has 18 heavy (non-hydrogen) atoms. The van der Waals surface area contributed by atoms with Crippen LogP contribution < -0.4 is 10.5 Å². The van der Waals surface area contributed by atoms with E-state index in [1.54, 1.807) is 24.3 Å². The summed E-state index contributed by atoms with van der Waals surface area (Å²) in [5.41, 5.74) is 6.03. The quantitative estimate of drug-likeness (QED) is 0.825. The van der Waals surface area contributed by atoms with Crippen molar-refractivity contribution in [1.29, 1.82) is 0 Å². The largest absolute Gasteiger partial charge is 0.398 e. The molecule has 2 rings (SSSR count). The van der Waals surface area contributed by atoms with Gasteiger partial charge in [-0.25, -0.2) is 13.1 Å². The number of benzene rings is 1. The molecule has 4 nitrogen and oxygen atoms in total. The zero-order chi connectivity index (χ0) is 13.2. The minimum atomic E-state index is -3.50. The summed E-state index contributed by atoms with van der Waals surface area (Å²) in [5.74, 6) is 0.387. The van der Waals surface area contributed by atoms with E-state index in [-0.39, 0.29) is 10.9 Å². The second kappa shape index (κ2) is 5.28. The van der Waals surface area contributed by atoms with Crippen molar-refractivity contribution in [3.05, 3.63) is 24.3 Å². The highest BCUT2D eigenvalue weighted by Gasteiger charge is 2.27. The zero-order valence-electron chi connectivity index (χ0n) is 10.6. The first-order valence-electron chi connectivity index (χ1n) is 6.37. The van der Waals surface area contributed by atoms with Crippen molar-refractivity contribution < 1.29 is 8.42 Å². The van der Waals surface area contributed by atoms with Crippen LogP contribution in [0.1, 0.15) is 32.6 Å². The molecule has 0 bridgehead atoms. The van der Waals surface area contributed by atoms with Gasteiger partial charge < -0.3 is 5.73 Å². The van der Waals surface area contributed by atoms with Crippen LogP contribution in [-0.4, -0.2) is 14.5 Å². The van der Waals surface area contributed by atoms with E-state index in [4.69, 9.17) is 5.73 Å². The normalized spacial score (nSPS) is 24.9. The number of para-hydroxylation sites is 1. The predicted octanol–water partition coefficient (Wildman–Crippen LogP) is 2.13. The van der Waals surface area contributed by atoms with Gasteiger partial charge in [0, 0.05) is 6.04 Å². The lowest BCUT2D eigenvalue weighted by atomic mass is 9.87. The molecule has 0 spiro atoms. The third-order valence-electron chi connectivity index (χ3n) is 3.63. The van der Waals surface area contributed by atoms with Crippen molar-refractivity contribution in [3.63, 3.8) is 0 Å². The lowest BCUT2D eigenvalue weighted by molar-refractivity contribution is 0.310. The van der Waals surface area contributed by atoms with Crippen molar-refractivity contribution in [2.45, 2.75) is 43.5 Å². The van der Waals surface area contributed by atoms with E-state index in [1.807, 2.05) is 0 Å². The van der Waals surface area contributed by atoms with Gasteiger partial charge in [0.05, 0.1) is 5.69 Å². The Balaban J connectivity index is 2.19. The molecule has 0 saturated heterocycles. The summed E-state index contributed by atoms with van der Waals surface area (Å²) >= 11 is 0. The van der Waals surface area contributed by atoms with Gasteiger partial charge in [-0.3, -0.25) is 0 Å². The van der Waals surface area contributed by atoms with E-state index in [9.17, 15) is 8.42 Å². The first kappa shape index (κ1) is 13.4. The summed E-state index contributed by atoms with van der Waals surface area (Å²) in [6, 6.07) is 6.61. The molecule has 100 valence electrons. The van der Waals surface area contributed by atoms with Gasteiger partial charge in [-0.2, -0.15) is 0 Å². The van der Waals surface area contributed by atoms with Crippen molar-refractivity contribution in [2.75, 3.05) is 5.73 Å². The van der Waals surface area contributed by atoms with Gasteiger partial charge in [0.25, 0.3) is 0 Å².